The van der Waals surface area contributed by atoms with Crippen molar-refractivity contribution in [1.82, 2.24) is 10.3 Å². The van der Waals surface area contributed by atoms with Gasteiger partial charge < -0.3 is 24.2 Å². The number of rotatable bonds is 7. The number of Topliss-reactive ketones (excluding diaryl/α,β-unsaturated/α-hetero) is 1. The van der Waals surface area contributed by atoms with Gasteiger partial charge >= 0.3 is 11.9 Å². The summed E-state index contributed by atoms with van der Waals surface area (Å²) >= 11 is 0. The first-order valence-electron chi connectivity index (χ1n) is 8.09. The lowest BCUT2D eigenvalue weighted by atomic mass is 10.1. The van der Waals surface area contributed by atoms with Gasteiger partial charge in [-0.05, 0) is 38.5 Å². The van der Waals surface area contributed by atoms with Crippen molar-refractivity contribution in [3.63, 3.8) is 0 Å². The monoisotopic (exact) mass is 376 g/mol. The normalized spacial score (nSPS) is 11.6. The van der Waals surface area contributed by atoms with E-state index in [4.69, 9.17) is 13.9 Å². The Balaban J connectivity index is 1.98. The van der Waals surface area contributed by atoms with Crippen molar-refractivity contribution >= 4 is 23.6 Å². The first-order chi connectivity index (χ1) is 12.8. The average molecular weight is 376 g/mol. The van der Waals surface area contributed by atoms with Gasteiger partial charge in [-0.15, -0.1) is 0 Å². The Morgan fingerprint density at radius 1 is 1.26 bits per heavy atom. The van der Waals surface area contributed by atoms with E-state index in [-0.39, 0.29) is 17.0 Å². The van der Waals surface area contributed by atoms with Crippen LogP contribution in [0.5, 0.6) is 0 Å². The molecule has 0 aliphatic heterocycles. The van der Waals surface area contributed by atoms with E-state index in [9.17, 15) is 19.2 Å². The number of amides is 1. The summed E-state index contributed by atoms with van der Waals surface area (Å²) in [5.74, 6) is -2.37. The molecular weight excluding hydrogens is 356 g/mol. The van der Waals surface area contributed by atoms with E-state index in [0.717, 1.165) is 0 Å². The van der Waals surface area contributed by atoms with Gasteiger partial charge in [0.15, 0.2) is 11.9 Å². The summed E-state index contributed by atoms with van der Waals surface area (Å²) in [5.41, 5.74) is 1.32. The maximum atomic E-state index is 12.5. The van der Waals surface area contributed by atoms with E-state index >= 15 is 0 Å². The van der Waals surface area contributed by atoms with Crippen LogP contribution in [-0.2, 0) is 14.3 Å². The smallest absolute Gasteiger partial charge is 0.339 e. The average Bonchev–Trinajstić information content (AvgIpc) is 3.26. The number of furan rings is 1. The fraction of sp³-hybridized carbons (Fsp3) is 0.333. The van der Waals surface area contributed by atoms with Crippen LogP contribution in [0, 0.1) is 13.8 Å². The van der Waals surface area contributed by atoms with E-state index < -0.39 is 36.3 Å². The number of aryl methyl sites for hydroxylation is 1. The minimum atomic E-state index is -1.11. The Morgan fingerprint density at radius 3 is 2.56 bits per heavy atom. The fourth-order valence-corrected chi connectivity index (χ4v) is 2.55. The van der Waals surface area contributed by atoms with Crippen molar-refractivity contribution in [3.8, 4) is 0 Å². The van der Waals surface area contributed by atoms with Crippen LogP contribution in [0.1, 0.15) is 49.6 Å². The van der Waals surface area contributed by atoms with E-state index in [1.807, 2.05) is 0 Å². The summed E-state index contributed by atoms with van der Waals surface area (Å²) in [7, 11) is 1.25. The molecule has 144 valence electrons. The van der Waals surface area contributed by atoms with Crippen molar-refractivity contribution in [2.45, 2.75) is 26.9 Å². The summed E-state index contributed by atoms with van der Waals surface area (Å²) in [6, 6.07) is 2.99. The Morgan fingerprint density at radius 2 is 1.96 bits per heavy atom. The Kier molecular flexibility index (Phi) is 6.17. The van der Waals surface area contributed by atoms with Gasteiger partial charge in [-0.1, -0.05) is 0 Å². The molecule has 2 aromatic heterocycles. The van der Waals surface area contributed by atoms with Crippen molar-refractivity contribution in [2.24, 2.45) is 0 Å². The molecule has 0 bridgehead atoms. The highest BCUT2D eigenvalue weighted by Gasteiger charge is 2.27. The summed E-state index contributed by atoms with van der Waals surface area (Å²) in [4.78, 5) is 50.7. The number of hydrogen-bond acceptors (Lipinski definition) is 7. The van der Waals surface area contributed by atoms with Gasteiger partial charge in [0.2, 0.25) is 5.78 Å². The highest BCUT2D eigenvalue weighted by atomic mass is 16.5. The van der Waals surface area contributed by atoms with Gasteiger partial charge in [-0.3, -0.25) is 14.4 Å². The van der Waals surface area contributed by atoms with Crippen molar-refractivity contribution in [2.75, 3.05) is 13.7 Å². The lowest BCUT2D eigenvalue weighted by molar-refractivity contribution is -0.145. The molecule has 9 heteroatoms. The number of ketones is 1. The first-order valence-corrected chi connectivity index (χ1v) is 8.09. The van der Waals surface area contributed by atoms with Crippen LogP contribution < -0.4 is 5.32 Å². The number of carbonyl (C=O) groups is 4. The third-order valence-electron chi connectivity index (χ3n) is 3.89. The number of nitrogens with one attached hydrogen (secondary N) is 2. The number of methoxy groups -OCH3 is 1. The third-order valence-corrected chi connectivity index (χ3v) is 3.89. The summed E-state index contributed by atoms with van der Waals surface area (Å²) in [6.45, 7) is 4.22. The maximum Gasteiger partial charge on any atom is 0.339 e. The summed E-state index contributed by atoms with van der Waals surface area (Å²) in [5, 5.41) is 2.33. The molecule has 2 N–H and O–H groups in total. The topological polar surface area (TPSA) is 128 Å². The standard InChI is InChI=1S/C18H20N2O7/c1-9-14(18(24)25-4)10(2)20-15(9)16(22)11(3)27-13(21)8-19-17(23)12-6-5-7-26-12/h5-7,11,20H,8H2,1-4H3,(H,19,23)/t11-/m0/s1. The molecule has 0 fully saturated rings. The van der Waals surface area contributed by atoms with Crippen molar-refractivity contribution in [1.29, 1.82) is 0 Å². The lowest BCUT2D eigenvalue weighted by Crippen LogP contribution is -2.34. The Hall–Kier alpha value is -3.36. The molecule has 1 amide bonds. The van der Waals surface area contributed by atoms with Gasteiger partial charge in [0, 0.05) is 5.69 Å². The second-order valence-electron chi connectivity index (χ2n) is 5.77. The number of aromatic amines is 1. The minimum absolute atomic E-state index is 0.0553. The molecule has 0 spiro atoms. The van der Waals surface area contributed by atoms with Crippen LogP contribution >= 0.6 is 0 Å². The fourth-order valence-electron chi connectivity index (χ4n) is 2.55. The Labute approximate surface area is 155 Å². The first kappa shape index (κ1) is 20.0. The predicted octanol–water partition coefficient (Wildman–Crippen LogP) is 1.56. The number of ether oxygens (including phenoxy) is 2. The Bertz CT molecular complexity index is 865. The van der Waals surface area contributed by atoms with E-state index in [0.29, 0.717) is 11.3 Å². The third kappa shape index (κ3) is 4.43. The molecule has 0 radical (unpaired) electrons. The molecule has 9 nitrogen and oxygen atoms in total. The second kappa shape index (κ2) is 8.35. The van der Waals surface area contributed by atoms with Gasteiger partial charge in [-0.25, -0.2) is 4.79 Å². The molecule has 0 aliphatic carbocycles. The van der Waals surface area contributed by atoms with Crippen LogP contribution in [-0.4, -0.2) is 48.4 Å². The number of H-pyrrole nitrogens is 1. The molecule has 2 aromatic rings. The van der Waals surface area contributed by atoms with Crippen molar-refractivity contribution < 1.29 is 33.1 Å². The zero-order valence-electron chi connectivity index (χ0n) is 15.4. The molecule has 0 saturated carbocycles. The quantitative estimate of drug-likeness (QED) is 0.554. The van der Waals surface area contributed by atoms with Crippen LogP contribution in [0.25, 0.3) is 0 Å². The van der Waals surface area contributed by atoms with Crippen LogP contribution in [0.15, 0.2) is 22.8 Å². The molecule has 0 aliphatic rings. The molecular formula is C18H20N2O7. The molecule has 1 atom stereocenters. The molecule has 2 heterocycles. The zero-order valence-corrected chi connectivity index (χ0v) is 15.4. The van der Waals surface area contributed by atoms with E-state index in [1.54, 1.807) is 13.8 Å². The minimum Gasteiger partial charge on any atom is -0.465 e. The second-order valence-corrected chi connectivity index (χ2v) is 5.77. The molecule has 0 aromatic carbocycles. The lowest BCUT2D eigenvalue weighted by Gasteiger charge is -2.12. The predicted molar refractivity (Wildman–Crippen MR) is 92.5 cm³/mol. The molecule has 2 rings (SSSR count). The van der Waals surface area contributed by atoms with Crippen LogP contribution in [0.4, 0.5) is 0 Å². The summed E-state index contributed by atoms with van der Waals surface area (Å²) in [6.07, 6.45) is 0.220. The summed E-state index contributed by atoms with van der Waals surface area (Å²) < 4.78 is 14.7. The zero-order chi connectivity index (χ0) is 20.1. The van der Waals surface area contributed by atoms with Crippen LogP contribution in [0.2, 0.25) is 0 Å². The van der Waals surface area contributed by atoms with Crippen molar-refractivity contribution in [3.05, 3.63) is 46.7 Å². The highest BCUT2D eigenvalue weighted by Crippen LogP contribution is 2.20. The molecule has 0 saturated heterocycles. The van der Waals surface area contributed by atoms with E-state index in [1.165, 1.54) is 32.4 Å². The van der Waals surface area contributed by atoms with Gasteiger partial charge in [-0.2, -0.15) is 0 Å². The molecule has 27 heavy (non-hydrogen) atoms. The van der Waals surface area contributed by atoms with Gasteiger partial charge in [0.05, 0.1) is 24.6 Å². The largest absolute Gasteiger partial charge is 0.465 e. The number of hydrogen-bond donors (Lipinski definition) is 2. The van der Waals surface area contributed by atoms with Gasteiger partial charge in [0.1, 0.15) is 6.54 Å². The molecule has 0 unspecified atom stereocenters. The van der Waals surface area contributed by atoms with Crippen LogP contribution in [0.3, 0.4) is 0 Å². The number of aromatic nitrogens is 1. The maximum absolute atomic E-state index is 12.5. The number of esters is 2. The SMILES string of the molecule is COC(=O)c1c(C)[nH]c(C(=O)[C@H](C)OC(=O)CNC(=O)c2ccco2)c1C. The van der Waals surface area contributed by atoms with Gasteiger partial charge in [0.25, 0.3) is 5.91 Å². The highest BCUT2D eigenvalue weighted by molar-refractivity contribution is 6.04. The number of carbonyl (C=O) groups excluding carboxylic acids is 4. The van der Waals surface area contributed by atoms with E-state index in [2.05, 4.69) is 10.3 Å².